The number of thiazole rings is 1. The molecule has 0 aliphatic rings. The molecule has 0 saturated carbocycles. The number of carbonyl (C=O) groups is 1. The molecule has 0 atom stereocenters. The normalized spacial score (nSPS) is 11.2. The standard InChI is InChI=1S/C20H20N6OS2/c1-11-15(13(3)26-18(21-11)24-20(25-26)28-4)10-16(27)23-19-22-12(2)17(29-19)14-8-6-5-7-9-14/h5-9H,10H2,1-4H3,(H,22,23,27). The highest BCUT2D eigenvalue weighted by Gasteiger charge is 2.17. The first-order chi connectivity index (χ1) is 14.0. The van der Waals surface area contributed by atoms with Crippen molar-refractivity contribution in [3.63, 3.8) is 0 Å². The Kier molecular flexibility index (Phi) is 5.33. The smallest absolute Gasteiger partial charge is 0.253 e. The largest absolute Gasteiger partial charge is 0.302 e. The van der Waals surface area contributed by atoms with Gasteiger partial charge >= 0.3 is 0 Å². The molecule has 1 N–H and O–H groups in total. The van der Waals surface area contributed by atoms with Crippen molar-refractivity contribution in [1.29, 1.82) is 0 Å². The lowest BCUT2D eigenvalue weighted by Crippen LogP contribution is -2.17. The number of carbonyl (C=O) groups excluding carboxylic acids is 1. The van der Waals surface area contributed by atoms with Crippen LogP contribution >= 0.6 is 23.1 Å². The molecule has 0 unspecified atom stereocenters. The van der Waals surface area contributed by atoms with Crippen molar-refractivity contribution in [2.45, 2.75) is 32.3 Å². The quantitative estimate of drug-likeness (QED) is 0.486. The highest BCUT2D eigenvalue weighted by Crippen LogP contribution is 2.32. The van der Waals surface area contributed by atoms with Gasteiger partial charge in [0.1, 0.15) is 0 Å². The van der Waals surface area contributed by atoms with E-state index >= 15 is 0 Å². The second kappa shape index (κ2) is 7.92. The number of thioether (sulfide) groups is 1. The van der Waals surface area contributed by atoms with Gasteiger partial charge in [-0.05, 0) is 32.6 Å². The van der Waals surface area contributed by atoms with Gasteiger partial charge < -0.3 is 5.32 Å². The third-order valence-corrected chi connectivity index (χ3v) is 6.29. The molecular weight excluding hydrogens is 404 g/mol. The Balaban J connectivity index is 1.56. The van der Waals surface area contributed by atoms with Gasteiger partial charge in [-0.15, -0.1) is 5.10 Å². The summed E-state index contributed by atoms with van der Waals surface area (Å²) >= 11 is 2.94. The average molecular weight is 425 g/mol. The molecule has 3 heterocycles. The van der Waals surface area contributed by atoms with Crippen LogP contribution in [0.1, 0.15) is 22.6 Å². The molecule has 1 aromatic carbocycles. The molecule has 0 saturated heterocycles. The molecule has 0 aliphatic carbocycles. The Labute approximate surface area is 176 Å². The summed E-state index contributed by atoms with van der Waals surface area (Å²) in [6.07, 6.45) is 2.12. The molecule has 0 fully saturated rings. The van der Waals surface area contributed by atoms with E-state index in [9.17, 15) is 4.79 Å². The fraction of sp³-hybridized carbons (Fsp3) is 0.250. The lowest BCUT2D eigenvalue weighted by molar-refractivity contribution is -0.115. The fourth-order valence-electron chi connectivity index (χ4n) is 3.16. The Bertz CT molecular complexity index is 1200. The first-order valence-corrected chi connectivity index (χ1v) is 11.1. The maximum absolute atomic E-state index is 12.7. The predicted octanol–water partition coefficient (Wildman–Crippen LogP) is 4.08. The summed E-state index contributed by atoms with van der Waals surface area (Å²) in [4.78, 5) is 27.2. The van der Waals surface area contributed by atoms with Gasteiger partial charge in [-0.1, -0.05) is 53.4 Å². The van der Waals surface area contributed by atoms with Gasteiger partial charge in [-0.2, -0.15) is 4.98 Å². The zero-order valence-electron chi connectivity index (χ0n) is 16.6. The lowest BCUT2D eigenvalue weighted by atomic mass is 10.1. The molecule has 9 heteroatoms. The van der Waals surface area contributed by atoms with E-state index in [4.69, 9.17) is 0 Å². The van der Waals surface area contributed by atoms with Crippen molar-refractivity contribution in [3.8, 4) is 10.4 Å². The van der Waals surface area contributed by atoms with Crippen LogP contribution in [0.5, 0.6) is 0 Å². The number of anilines is 1. The Hall–Kier alpha value is -2.78. The molecule has 4 rings (SSSR count). The zero-order chi connectivity index (χ0) is 20.5. The van der Waals surface area contributed by atoms with Crippen molar-refractivity contribution < 1.29 is 4.79 Å². The van der Waals surface area contributed by atoms with Crippen LogP contribution in [0.4, 0.5) is 5.13 Å². The minimum atomic E-state index is -0.129. The van der Waals surface area contributed by atoms with Crippen LogP contribution in [-0.2, 0) is 11.2 Å². The molecule has 0 bridgehead atoms. The van der Waals surface area contributed by atoms with Crippen LogP contribution in [0.3, 0.4) is 0 Å². The number of nitrogens with one attached hydrogen (secondary N) is 1. The Morgan fingerprint density at radius 2 is 1.86 bits per heavy atom. The summed E-state index contributed by atoms with van der Waals surface area (Å²) in [6, 6.07) is 10.1. The number of amides is 1. The Morgan fingerprint density at radius 3 is 2.59 bits per heavy atom. The molecule has 29 heavy (non-hydrogen) atoms. The van der Waals surface area contributed by atoms with E-state index in [1.165, 1.54) is 23.1 Å². The topological polar surface area (TPSA) is 85.1 Å². The van der Waals surface area contributed by atoms with Crippen molar-refractivity contribution in [2.24, 2.45) is 0 Å². The van der Waals surface area contributed by atoms with Crippen molar-refractivity contribution in [1.82, 2.24) is 24.6 Å². The monoisotopic (exact) mass is 424 g/mol. The third-order valence-electron chi connectivity index (χ3n) is 4.63. The predicted molar refractivity (Wildman–Crippen MR) is 117 cm³/mol. The summed E-state index contributed by atoms with van der Waals surface area (Å²) in [5.74, 6) is 0.424. The third kappa shape index (κ3) is 3.88. The summed E-state index contributed by atoms with van der Waals surface area (Å²) in [6.45, 7) is 5.78. The fourth-order valence-corrected chi connectivity index (χ4v) is 4.49. The molecule has 148 valence electrons. The van der Waals surface area contributed by atoms with Crippen LogP contribution in [0.2, 0.25) is 0 Å². The van der Waals surface area contributed by atoms with Crippen LogP contribution < -0.4 is 5.32 Å². The minimum absolute atomic E-state index is 0.129. The van der Waals surface area contributed by atoms with E-state index in [2.05, 4.69) is 25.4 Å². The number of aromatic nitrogens is 5. The van der Waals surface area contributed by atoms with Crippen LogP contribution in [-0.4, -0.2) is 36.7 Å². The number of benzene rings is 1. The van der Waals surface area contributed by atoms with E-state index < -0.39 is 0 Å². The van der Waals surface area contributed by atoms with Crippen LogP contribution in [0, 0.1) is 20.8 Å². The highest BCUT2D eigenvalue weighted by molar-refractivity contribution is 7.98. The summed E-state index contributed by atoms with van der Waals surface area (Å²) in [7, 11) is 0. The second-order valence-electron chi connectivity index (χ2n) is 6.60. The number of aryl methyl sites for hydroxylation is 3. The van der Waals surface area contributed by atoms with Crippen molar-refractivity contribution in [2.75, 3.05) is 11.6 Å². The van der Waals surface area contributed by atoms with E-state index in [0.717, 1.165) is 33.1 Å². The van der Waals surface area contributed by atoms with E-state index in [1.807, 2.05) is 57.4 Å². The van der Waals surface area contributed by atoms with Gasteiger partial charge in [0.05, 0.1) is 17.0 Å². The SMILES string of the molecule is CSc1nc2nc(C)c(CC(=O)Nc3nc(C)c(-c4ccccc4)s3)c(C)n2n1. The van der Waals surface area contributed by atoms with Gasteiger partial charge in [-0.3, -0.25) is 4.79 Å². The Morgan fingerprint density at radius 1 is 1.10 bits per heavy atom. The van der Waals surface area contributed by atoms with Crippen LogP contribution in [0.15, 0.2) is 35.5 Å². The first kappa shape index (κ1) is 19.5. The average Bonchev–Trinajstić information content (AvgIpc) is 3.29. The molecular formula is C20H20N6OS2. The summed E-state index contributed by atoms with van der Waals surface area (Å²) < 4.78 is 1.70. The van der Waals surface area contributed by atoms with Crippen LogP contribution in [0.25, 0.3) is 16.2 Å². The number of nitrogens with zero attached hydrogens (tertiary/aromatic N) is 5. The van der Waals surface area contributed by atoms with Gasteiger partial charge in [0.15, 0.2) is 5.13 Å². The molecule has 1 amide bonds. The second-order valence-corrected chi connectivity index (χ2v) is 8.37. The van der Waals surface area contributed by atoms with E-state index in [-0.39, 0.29) is 12.3 Å². The lowest BCUT2D eigenvalue weighted by Gasteiger charge is -2.09. The minimum Gasteiger partial charge on any atom is -0.302 e. The molecule has 4 aromatic rings. The van der Waals surface area contributed by atoms with E-state index in [1.54, 1.807) is 4.52 Å². The molecule has 7 nitrogen and oxygen atoms in total. The van der Waals surface area contributed by atoms with Gasteiger partial charge in [0.2, 0.25) is 11.1 Å². The van der Waals surface area contributed by atoms with Gasteiger partial charge in [0.25, 0.3) is 5.78 Å². The number of fused-ring (bicyclic) bond motifs is 1. The number of hydrogen-bond donors (Lipinski definition) is 1. The molecule has 0 spiro atoms. The molecule has 3 aromatic heterocycles. The van der Waals surface area contributed by atoms with Gasteiger partial charge in [-0.25, -0.2) is 14.5 Å². The van der Waals surface area contributed by atoms with Gasteiger partial charge in [0, 0.05) is 17.0 Å². The molecule has 0 aliphatic heterocycles. The maximum atomic E-state index is 12.7. The summed E-state index contributed by atoms with van der Waals surface area (Å²) in [5, 5.41) is 8.63. The highest BCUT2D eigenvalue weighted by atomic mass is 32.2. The first-order valence-electron chi connectivity index (χ1n) is 9.05. The van der Waals surface area contributed by atoms with Crippen molar-refractivity contribution >= 4 is 39.9 Å². The molecule has 0 radical (unpaired) electrons. The summed E-state index contributed by atoms with van der Waals surface area (Å²) in [5.41, 5.74) is 4.50. The zero-order valence-corrected chi connectivity index (χ0v) is 18.2. The number of hydrogen-bond acceptors (Lipinski definition) is 7. The maximum Gasteiger partial charge on any atom is 0.253 e. The van der Waals surface area contributed by atoms with Crippen molar-refractivity contribution in [3.05, 3.63) is 53.0 Å². The number of rotatable bonds is 5. The van der Waals surface area contributed by atoms with E-state index in [0.29, 0.717) is 16.1 Å².